The lowest BCUT2D eigenvalue weighted by molar-refractivity contribution is 0.636. The van der Waals surface area contributed by atoms with E-state index in [1.165, 1.54) is 16.2 Å². The molecule has 31 heavy (non-hydrogen) atoms. The Morgan fingerprint density at radius 1 is 0.516 bits per heavy atom. The van der Waals surface area contributed by atoms with Crippen LogP contribution in [0.5, 0.6) is 0 Å². The zero-order valence-corrected chi connectivity index (χ0v) is 19.6. The first-order chi connectivity index (χ1) is 15.2. The smallest absolute Gasteiger partial charge is 0.143 e. The molecule has 0 amide bonds. The van der Waals surface area contributed by atoms with Gasteiger partial charge in [-0.25, -0.2) is 0 Å². The van der Waals surface area contributed by atoms with Crippen LogP contribution in [0, 0.1) is 0 Å². The van der Waals surface area contributed by atoms with Crippen LogP contribution >= 0.6 is 31.9 Å². The third-order valence-corrected chi connectivity index (χ3v) is 6.75. The lowest BCUT2D eigenvalue weighted by atomic mass is 9.92. The lowest BCUT2D eigenvalue weighted by Crippen LogP contribution is -1.84. The number of hydrogen-bond donors (Lipinski definition) is 0. The van der Waals surface area contributed by atoms with Crippen molar-refractivity contribution in [3.8, 4) is 22.5 Å². The van der Waals surface area contributed by atoms with E-state index in [-0.39, 0.29) is 0 Å². The van der Waals surface area contributed by atoms with E-state index in [9.17, 15) is 0 Å². The maximum absolute atomic E-state index is 6.72. The average molecular weight is 528 g/mol. The van der Waals surface area contributed by atoms with Gasteiger partial charge in [0.15, 0.2) is 0 Å². The van der Waals surface area contributed by atoms with E-state index in [4.69, 9.17) is 4.42 Å². The van der Waals surface area contributed by atoms with E-state index >= 15 is 0 Å². The molecule has 0 saturated heterocycles. The largest absolute Gasteiger partial charge is 0.455 e. The summed E-state index contributed by atoms with van der Waals surface area (Å²) in [7, 11) is 0. The molecule has 1 heterocycles. The van der Waals surface area contributed by atoms with E-state index in [0.29, 0.717) is 0 Å². The molecule has 0 N–H and O–H groups in total. The van der Waals surface area contributed by atoms with Gasteiger partial charge in [0.05, 0.1) is 0 Å². The van der Waals surface area contributed by atoms with E-state index in [1.54, 1.807) is 0 Å². The summed E-state index contributed by atoms with van der Waals surface area (Å²) in [5.41, 5.74) is 4.23. The summed E-state index contributed by atoms with van der Waals surface area (Å²) < 4.78 is 8.79. The number of rotatable bonds is 2. The highest BCUT2D eigenvalue weighted by molar-refractivity contribution is 9.10. The van der Waals surface area contributed by atoms with Crippen LogP contribution in [0.4, 0.5) is 0 Å². The topological polar surface area (TPSA) is 13.1 Å². The van der Waals surface area contributed by atoms with Crippen LogP contribution in [-0.4, -0.2) is 0 Å². The molecule has 0 atom stereocenters. The predicted molar refractivity (Wildman–Crippen MR) is 137 cm³/mol. The van der Waals surface area contributed by atoms with Crippen molar-refractivity contribution >= 4 is 64.4 Å². The summed E-state index contributed by atoms with van der Waals surface area (Å²) in [5, 5.41) is 5.94. The molecule has 0 aliphatic rings. The summed E-state index contributed by atoms with van der Waals surface area (Å²) >= 11 is 7.28. The first kappa shape index (κ1) is 18.9. The van der Waals surface area contributed by atoms with Gasteiger partial charge in [0, 0.05) is 30.8 Å². The molecule has 5 aromatic carbocycles. The van der Waals surface area contributed by atoms with Gasteiger partial charge in [-0.3, -0.25) is 0 Å². The highest BCUT2D eigenvalue weighted by Gasteiger charge is 2.22. The van der Waals surface area contributed by atoms with Gasteiger partial charge < -0.3 is 4.42 Å². The van der Waals surface area contributed by atoms with Crippen LogP contribution < -0.4 is 0 Å². The molecule has 3 heteroatoms. The minimum atomic E-state index is 0.885. The van der Waals surface area contributed by atoms with E-state index < -0.39 is 0 Å². The Labute approximate surface area is 196 Å². The van der Waals surface area contributed by atoms with Crippen molar-refractivity contribution in [3.05, 3.63) is 106 Å². The van der Waals surface area contributed by atoms with Crippen LogP contribution in [0.1, 0.15) is 0 Å². The molecule has 0 spiro atoms. The molecule has 6 aromatic rings. The lowest BCUT2D eigenvalue weighted by Gasteiger charge is -2.08. The molecule has 148 valence electrons. The first-order valence-corrected chi connectivity index (χ1v) is 11.7. The molecule has 6 rings (SSSR count). The second-order valence-corrected chi connectivity index (χ2v) is 9.45. The van der Waals surface area contributed by atoms with Gasteiger partial charge in [0.25, 0.3) is 0 Å². The fourth-order valence-electron chi connectivity index (χ4n) is 4.48. The summed E-state index contributed by atoms with van der Waals surface area (Å²) in [6.45, 7) is 0. The first-order valence-electron chi connectivity index (χ1n) is 10.1. The second-order valence-electron chi connectivity index (χ2n) is 7.62. The standard InChI is InChI=1S/C28H16Br2O/c29-19-9-5-7-17(15-19)25-26-23-13-3-1-11-21(23)22-12-2-4-14-24(22)28(26)31-27(25)18-8-6-10-20(30)16-18/h1-16H. The zero-order valence-electron chi connectivity index (χ0n) is 16.4. The predicted octanol–water partition coefficient (Wildman–Crippen LogP) is 9.60. The van der Waals surface area contributed by atoms with Crippen LogP contribution in [-0.2, 0) is 0 Å². The van der Waals surface area contributed by atoms with Crippen molar-refractivity contribution in [1.82, 2.24) is 0 Å². The SMILES string of the molecule is Brc1cccc(-c2oc3c4ccccc4c4ccccc4c3c2-c2cccc(Br)c2)c1. The highest BCUT2D eigenvalue weighted by atomic mass is 79.9. The molecular weight excluding hydrogens is 512 g/mol. The summed E-state index contributed by atoms with van der Waals surface area (Å²) in [6.07, 6.45) is 0. The Balaban J connectivity index is 1.88. The van der Waals surface area contributed by atoms with E-state index in [2.05, 4.69) is 117 Å². The van der Waals surface area contributed by atoms with Crippen LogP contribution in [0.2, 0.25) is 0 Å². The number of halogens is 2. The molecule has 0 fully saturated rings. The van der Waals surface area contributed by atoms with Gasteiger partial charge in [0.2, 0.25) is 0 Å². The Kier molecular flexibility index (Phi) is 4.48. The third-order valence-electron chi connectivity index (χ3n) is 5.77. The Hall–Kier alpha value is -2.88. The van der Waals surface area contributed by atoms with Crippen molar-refractivity contribution < 1.29 is 4.42 Å². The number of benzene rings is 5. The van der Waals surface area contributed by atoms with Gasteiger partial charge >= 0.3 is 0 Å². The Bertz CT molecular complexity index is 1610. The monoisotopic (exact) mass is 526 g/mol. The van der Waals surface area contributed by atoms with Gasteiger partial charge in [-0.2, -0.15) is 0 Å². The molecule has 0 aliphatic carbocycles. The minimum Gasteiger partial charge on any atom is -0.455 e. The van der Waals surface area contributed by atoms with Gasteiger partial charge in [-0.1, -0.05) is 105 Å². The van der Waals surface area contributed by atoms with E-state index in [0.717, 1.165) is 47.8 Å². The highest BCUT2D eigenvalue weighted by Crippen LogP contribution is 2.47. The number of furan rings is 1. The normalized spacial score (nSPS) is 11.5. The quantitative estimate of drug-likeness (QED) is 0.204. The van der Waals surface area contributed by atoms with Crippen molar-refractivity contribution in [2.75, 3.05) is 0 Å². The van der Waals surface area contributed by atoms with Crippen LogP contribution in [0.15, 0.2) is 110 Å². The molecule has 1 nitrogen and oxygen atoms in total. The maximum atomic E-state index is 6.72. The number of fused-ring (bicyclic) bond motifs is 6. The molecule has 0 radical (unpaired) electrons. The van der Waals surface area contributed by atoms with Crippen molar-refractivity contribution in [2.45, 2.75) is 0 Å². The minimum absolute atomic E-state index is 0.885. The Morgan fingerprint density at radius 2 is 1.06 bits per heavy atom. The molecular formula is C28H16Br2O. The van der Waals surface area contributed by atoms with Crippen LogP contribution in [0.3, 0.4) is 0 Å². The van der Waals surface area contributed by atoms with Gasteiger partial charge in [-0.15, -0.1) is 0 Å². The van der Waals surface area contributed by atoms with Crippen molar-refractivity contribution in [1.29, 1.82) is 0 Å². The van der Waals surface area contributed by atoms with Gasteiger partial charge in [0.1, 0.15) is 11.3 Å². The maximum Gasteiger partial charge on any atom is 0.143 e. The van der Waals surface area contributed by atoms with Gasteiger partial charge in [-0.05, 0) is 46.0 Å². The fourth-order valence-corrected chi connectivity index (χ4v) is 5.28. The second kappa shape index (κ2) is 7.37. The third kappa shape index (κ3) is 3.03. The summed E-state index contributed by atoms with van der Waals surface area (Å²) in [6, 6.07) is 33.9. The summed E-state index contributed by atoms with van der Waals surface area (Å²) in [4.78, 5) is 0. The number of hydrogen-bond acceptors (Lipinski definition) is 1. The molecule has 0 saturated carbocycles. The molecule has 0 bridgehead atoms. The molecule has 0 unspecified atom stereocenters. The van der Waals surface area contributed by atoms with E-state index in [1.807, 2.05) is 12.1 Å². The molecule has 0 aliphatic heterocycles. The average Bonchev–Trinajstić information content (AvgIpc) is 3.20. The van der Waals surface area contributed by atoms with Crippen LogP contribution in [0.25, 0.3) is 55.0 Å². The summed E-state index contributed by atoms with van der Waals surface area (Å²) in [5.74, 6) is 0.885. The van der Waals surface area contributed by atoms with Crippen molar-refractivity contribution in [3.63, 3.8) is 0 Å². The Morgan fingerprint density at radius 3 is 1.74 bits per heavy atom. The zero-order chi connectivity index (χ0) is 20.9. The van der Waals surface area contributed by atoms with Crippen molar-refractivity contribution in [2.24, 2.45) is 0 Å². The molecule has 1 aromatic heterocycles. The fraction of sp³-hybridized carbons (Fsp3) is 0.